The summed E-state index contributed by atoms with van der Waals surface area (Å²) in [6.45, 7) is 3.78. The molecule has 2 rings (SSSR count). The summed E-state index contributed by atoms with van der Waals surface area (Å²) in [7, 11) is 0. The van der Waals surface area contributed by atoms with E-state index in [1.54, 1.807) is 6.20 Å². The summed E-state index contributed by atoms with van der Waals surface area (Å²) in [5.41, 5.74) is 4.00. The van der Waals surface area contributed by atoms with Crippen molar-refractivity contribution in [2.45, 2.75) is 20.4 Å². The molecule has 0 radical (unpaired) electrons. The molecule has 1 aromatic carbocycles. The maximum absolute atomic E-state index is 10.7. The largest absolute Gasteiger partial charge is 0.480 e. The molecule has 0 atom stereocenters. The molecule has 0 bridgehead atoms. The highest BCUT2D eigenvalue weighted by Gasteiger charge is 2.11. The van der Waals surface area contributed by atoms with Crippen LogP contribution in [0.1, 0.15) is 11.3 Å². The number of carboxylic acids is 1. The predicted octanol–water partition coefficient (Wildman–Crippen LogP) is 3.01. The Morgan fingerprint density at radius 2 is 2.17 bits per heavy atom. The van der Waals surface area contributed by atoms with Gasteiger partial charge in [-0.05, 0) is 31.0 Å². The average Bonchev–Trinajstić information content (AvgIpc) is 2.64. The van der Waals surface area contributed by atoms with Gasteiger partial charge >= 0.3 is 5.97 Å². The minimum atomic E-state index is -0.891. The number of rotatable bonds is 3. The summed E-state index contributed by atoms with van der Waals surface area (Å²) in [5, 5.41) is 12.9. The molecular weight excluding hydrogens is 296 g/mol. The molecule has 2 aromatic rings. The van der Waals surface area contributed by atoms with Crippen molar-refractivity contribution in [2.75, 3.05) is 0 Å². The summed E-state index contributed by atoms with van der Waals surface area (Å²) < 4.78 is 2.52. The van der Waals surface area contributed by atoms with Crippen LogP contribution in [0.3, 0.4) is 0 Å². The molecule has 1 N–H and O–H groups in total. The van der Waals surface area contributed by atoms with Gasteiger partial charge in [0.05, 0.1) is 6.20 Å². The Labute approximate surface area is 113 Å². The zero-order chi connectivity index (χ0) is 13.3. The van der Waals surface area contributed by atoms with Crippen LogP contribution in [0.4, 0.5) is 0 Å². The van der Waals surface area contributed by atoms with Gasteiger partial charge in [0.1, 0.15) is 6.54 Å². The first-order valence-corrected chi connectivity index (χ1v) is 6.29. The van der Waals surface area contributed by atoms with Crippen LogP contribution in [0.2, 0.25) is 0 Å². The molecule has 1 aromatic heterocycles. The van der Waals surface area contributed by atoms with Crippen LogP contribution in [0.25, 0.3) is 11.1 Å². The molecule has 0 aliphatic heterocycles. The number of aliphatic carboxylic acids is 1. The lowest BCUT2D eigenvalue weighted by atomic mass is 10.1. The van der Waals surface area contributed by atoms with Crippen LogP contribution in [0.5, 0.6) is 0 Å². The highest BCUT2D eigenvalue weighted by atomic mass is 79.9. The summed E-state index contributed by atoms with van der Waals surface area (Å²) in [6.07, 6.45) is 1.70. The lowest BCUT2D eigenvalue weighted by Gasteiger charge is -2.05. The van der Waals surface area contributed by atoms with Crippen molar-refractivity contribution in [3.05, 3.63) is 40.1 Å². The minimum absolute atomic E-state index is 0.112. The van der Waals surface area contributed by atoms with E-state index in [2.05, 4.69) is 21.0 Å². The van der Waals surface area contributed by atoms with E-state index in [4.69, 9.17) is 5.11 Å². The monoisotopic (exact) mass is 308 g/mol. The number of hydrogen-bond donors (Lipinski definition) is 1. The second kappa shape index (κ2) is 4.94. The Bertz CT molecular complexity index is 605. The van der Waals surface area contributed by atoms with E-state index in [-0.39, 0.29) is 6.54 Å². The van der Waals surface area contributed by atoms with Gasteiger partial charge in [-0.3, -0.25) is 9.48 Å². The summed E-state index contributed by atoms with van der Waals surface area (Å²) in [4.78, 5) is 10.7. The summed E-state index contributed by atoms with van der Waals surface area (Å²) in [6, 6.07) is 6.05. The van der Waals surface area contributed by atoms with Crippen molar-refractivity contribution >= 4 is 21.9 Å². The fraction of sp³-hybridized carbons (Fsp3) is 0.231. The molecule has 0 aliphatic carbocycles. The van der Waals surface area contributed by atoms with Crippen molar-refractivity contribution in [3.8, 4) is 11.1 Å². The smallest absolute Gasteiger partial charge is 0.325 e. The molecular formula is C13H13BrN2O2. The first-order valence-electron chi connectivity index (χ1n) is 5.50. The molecule has 1 heterocycles. The van der Waals surface area contributed by atoms with Crippen LogP contribution in [0.15, 0.2) is 28.9 Å². The molecule has 0 saturated carbocycles. The molecule has 0 aliphatic rings. The van der Waals surface area contributed by atoms with E-state index in [9.17, 15) is 4.79 Å². The number of nitrogens with zero attached hydrogens (tertiary/aromatic N) is 2. The topological polar surface area (TPSA) is 55.1 Å². The molecule has 5 heteroatoms. The molecule has 94 valence electrons. The summed E-state index contributed by atoms with van der Waals surface area (Å²) in [5.74, 6) is -0.891. The van der Waals surface area contributed by atoms with E-state index in [1.807, 2.05) is 32.0 Å². The van der Waals surface area contributed by atoms with Crippen LogP contribution >= 0.6 is 15.9 Å². The van der Waals surface area contributed by atoms with Gasteiger partial charge in [0.2, 0.25) is 0 Å². The van der Waals surface area contributed by atoms with E-state index in [0.717, 1.165) is 26.9 Å². The van der Waals surface area contributed by atoms with E-state index < -0.39 is 5.97 Å². The summed E-state index contributed by atoms with van der Waals surface area (Å²) >= 11 is 3.49. The number of carboxylic acid groups (broad SMARTS) is 1. The third-order valence-electron chi connectivity index (χ3n) is 2.87. The highest BCUT2D eigenvalue weighted by molar-refractivity contribution is 9.10. The molecule has 0 spiro atoms. The third kappa shape index (κ3) is 2.46. The number of carbonyl (C=O) groups is 1. The van der Waals surface area contributed by atoms with Crippen molar-refractivity contribution in [1.29, 1.82) is 0 Å². The maximum Gasteiger partial charge on any atom is 0.325 e. The second-order valence-electron chi connectivity index (χ2n) is 4.16. The maximum atomic E-state index is 10.7. The van der Waals surface area contributed by atoms with Crippen LogP contribution < -0.4 is 0 Å². The Morgan fingerprint density at radius 3 is 2.78 bits per heavy atom. The van der Waals surface area contributed by atoms with Gasteiger partial charge in [-0.1, -0.05) is 28.1 Å². The molecule has 0 saturated heterocycles. The number of benzene rings is 1. The third-order valence-corrected chi connectivity index (χ3v) is 3.73. The van der Waals surface area contributed by atoms with Gasteiger partial charge in [-0.15, -0.1) is 0 Å². The van der Waals surface area contributed by atoms with E-state index in [0.29, 0.717) is 0 Å². The molecule has 0 amide bonds. The molecule has 4 nitrogen and oxygen atoms in total. The average molecular weight is 309 g/mol. The van der Waals surface area contributed by atoms with Crippen molar-refractivity contribution in [1.82, 2.24) is 9.78 Å². The fourth-order valence-electron chi connectivity index (χ4n) is 1.78. The fourth-order valence-corrected chi connectivity index (χ4v) is 2.16. The van der Waals surface area contributed by atoms with Crippen molar-refractivity contribution in [2.24, 2.45) is 0 Å². The van der Waals surface area contributed by atoms with Gasteiger partial charge in [-0.25, -0.2) is 0 Å². The lowest BCUT2D eigenvalue weighted by molar-refractivity contribution is -0.137. The predicted molar refractivity (Wildman–Crippen MR) is 72.5 cm³/mol. The first kappa shape index (κ1) is 12.8. The van der Waals surface area contributed by atoms with Crippen LogP contribution in [-0.4, -0.2) is 20.9 Å². The Morgan fingerprint density at radius 1 is 1.44 bits per heavy atom. The molecule has 0 fully saturated rings. The quantitative estimate of drug-likeness (QED) is 0.948. The Hall–Kier alpha value is -1.62. The number of halogens is 1. The van der Waals surface area contributed by atoms with Crippen LogP contribution in [0, 0.1) is 13.8 Å². The zero-order valence-corrected chi connectivity index (χ0v) is 11.7. The number of aromatic nitrogens is 2. The Kier molecular flexibility index (Phi) is 3.52. The second-order valence-corrected chi connectivity index (χ2v) is 5.01. The van der Waals surface area contributed by atoms with Crippen LogP contribution in [-0.2, 0) is 11.3 Å². The first-order chi connectivity index (χ1) is 8.49. The van der Waals surface area contributed by atoms with Crippen molar-refractivity contribution < 1.29 is 9.90 Å². The van der Waals surface area contributed by atoms with Crippen molar-refractivity contribution in [3.63, 3.8) is 0 Å². The Balaban J connectivity index is 2.42. The van der Waals surface area contributed by atoms with E-state index >= 15 is 0 Å². The lowest BCUT2D eigenvalue weighted by Crippen LogP contribution is -2.11. The molecule has 18 heavy (non-hydrogen) atoms. The zero-order valence-electron chi connectivity index (χ0n) is 10.1. The number of aryl methyl sites for hydroxylation is 1. The normalized spacial score (nSPS) is 10.6. The van der Waals surface area contributed by atoms with Gasteiger partial charge in [0, 0.05) is 15.7 Å². The number of hydrogen-bond acceptors (Lipinski definition) is 2. The highest BCUT2D eigenvalue weighted by Crippen LogP contribution is 2.27. The van der Waals surface area contributed by atoms with Gasteiger partial charge in [0.25, 0.3) is 0 Å². The standard InChI is InChI=1S/C13H13BrN2O2/c1-8-3-4-10(5-12(8)14)11-6-15-16(9(11)2)7-13(17)18/h3-6H,7H2,1-2H3,(H,17,18). The van der Waals surface area contributed by atoms with E-state index in [1.165, 1.54) is 4.68 Å². The van der Waals surface area contributed by atoms with Gasteiger partial charge in [-0.2, -0.15) is 5.10 Å². The SMILES string of the molecule is Cc1ccc(-c2cnn(CC(=O)O)c2C)cc1Br. The minimum Gasteiger partial charge on any atom is -0.480 e. The van der Waals surface area contributed by atoms with Gasteiger partial charge < -0.3 is 5.11 Å². The van der Waals surface area contributed by atoms with Gasteiger partial charge in [0.15, 0.2) is 0 Å². The molecule has 0 unspecified atom stereocenters.